The Labute approximate surface area is 158 Å². The monoisotopic (exact) mass is 393 g/mol. The molecule has 0 atom stereocenters. The number of aliphatic imine (C=N–C) groups is 1. The molecule has 0 bridgehead atoms. The Kier molecular flexibility index (Phi) is 5.59. The van der Waals surface area contributed by atoms with Crippen LogP contribution in [0.5, 0.6) is 0 Å². The maximum atomic E-state index is 12.7. The van der Waals surface area contributed by atoms with E-state index in [9.17, 15) is 18.0 Å². The Bertz CT molecular complexity index is 895. The molecule has 28 heavy (non-hydrogen) atoms. The Morgan fingerprint density at radius 3 is 2.82 bits per heavy atom. The van der Waals surface area contributed by atoms with E-state index < -0.39 is 17.8 Å². The van der Waals surface area contributed by atoms with Crippen LogP contribution in [0.1, 0.15) is 34.6 Å². The van der Waals surface area contributed by atoms with Gasteiger partial charge < -0.3 is 16.2 Å². The van der Waals surface area contributed by atoms with Gasteiger partial charge in [0.05, 0.1) is 17.9 Å². The van der Waals surface area contributed by atoms with Gasteiger partial charge in [-0.1, -0.05) is 6.07 Å². The summed E-state index contributed by atoms with van der Waals surface area (Å²) in [6.07, 6.45) is -0.164. The zero-order valence-electron chi connectivity index (χ0n) is 14.6. The van der Waals surface area contributed by atoms with Gasteiger partial charge in [0.1, 0.15) is 17.2 Å². The van der Waals surface area contributed by atoms with E-state index in [1.54, 1.807) is 6.21 Å². The van der Waals surface area contributed by atoms with Crippen LogP contribution >= 0.6 is 0 Å². The summed E-state index contributed by atoms with van der Waals surface area (Å²) >= 11 is 0. The number of nitrogens with two attached hydrogens (primary N) is 1. The zero-order chi connectivity index (χ0) is 20.3. The number of amides is 1. The van der Waals surface area contributed by atoms with Crippen LogP contribution in [-0.2, 0) is 6.18 Å². The lowest BCUT2D eigenvalue weighted by Crippen LogP contribution is -2.29. The molecule has 0 spiro atoms. The highest BCUT2D eigenvalue weighted by Crippen LogP contribution is 2.30. The summed E-state index contributed by atoms with van der Waals surface area (Å²) in [6.45, 7) is 0.142. The number of rotatable bonds is 5. The molecule has 0 radical (unpaired) electrons. The van der Waals surface area contributed by atoms with Crippen LogP contribution in [-0.4, -0.2) is 39.8 Å². The van der Waals surface area contributed by atoms with Crippen molar-refractivity contribution in [1.29, 1.82) is 0 Å². The van der Waals surface area contributed by atoms with Crippen LogP contribution < -0.4 is 11.1 Å². The van der Waals surface area contributed by atoms with Gasteiger partial charge in [0.15, 0.2) is 0 Å². The first-order valence-corrected chi connectivity index (χ1v) is 8.51. The predicted octanol–water partition coefficient (Wildman–Crippen LogP) is 2.52. The number of anilines is 2. The average molecular weight is 393 g/mol. The quantitative estimate of drug-likeness (QED) is 0.676. The van der Waals surface area contributed by atoms with Crippen LogP contribution in [0.4, 0.5) is 24.7 Å². The molecule has 1 fully saturated rings. The standard InChI is InChI=1S/C18H18F3N5O2/c19-18(20,21)15-3-1-2-14(25-15)17(28)26-16-6-11(13(22)8-24-16)7-23-12-4-10(5-12)9-27/h1-3,6-8,10,12,27H,4-5,9,22H2,(H,24,26,28). The number of alkyl halides is 3. The number of carbonyl (C=O) groups is 1. The van der Waals surface area contributed by atoms with Crippen LogP contribution in [0, 0.1) is 5.92 Å². The molecule has 0 saturated heterocycles. The number of pyridine rings is 2. The first-order valence-electron chi connectivity index (χ1n) is 8.51. The molecule has 0 aromatic carbocycles. The SMILES string of the molecule is Nc1cnc(NC(=O)c2cccc(C(F)(F)F)n2)cc1C=NC1CC(CO)C1. The summed E-state index contributed by atoms with van der Waals surface area (Å²) in [5.41, 5.74) is 5.19. The van der Waals surface area contributed by atoms with Crippen molar-refractivity contribution in [3.63, 3.8) is 0 Å². The molecule has 7 nitrogen and oxygen atoms in total. The van der Waals surface area contributed by atoms with Gasteiger partial charge in [-0.05, 0) is 37.0 Å². The summed E-state index contributed by atoms with van der Waals surface area (Å²) in [5, 5.41) is 11.4. The van der Waals surface area contributed by atoms with Crippen LogP contribution in [0.25, 0.3) is 0 Å². The largest absolute Gasteiger partial charge is 0.433 e. The number of aliphatic hydroxyl groups excluding tert-OH is 1. The van der Waals surface area contributed by atoms with Crippen molar-refractivity contribution in [3.8, 4) is 0 Å². The summed E-state index contributed by atoms with van der Waals surface area (Å²) < 4.78 is 38.2. The minimum atomic E-state index is -4.64. The molecule has 148 valence electrons. The third-order valence-electron chi connectivity index (χ3n) is 4.38. The number of nitrogens with zero attached hydrogens (tertiary/aromatic N) is 3. The normalized spacial score (nSPS) is 19.4. The van der Waals surface area contributed by atoms with Gasteiger partial charge in [0.2, 0.25) is 0 Å². The zero-order valence-corrected chi connectivity index (χ0v) is 14.6. The third kappa shape index (κ3) is 4.63. The number of nitrogens with one attached hydrogen (secondary N) is 1. The molecule has 3 rings (SSSR count). The number of hydrogen-bond donors (Lipinski definition) is 3. The van der Waals surface area contributed by atoms with E-state index in [1.807, 2.05) is 0 Å². The number of hydrogen-bond acceptors (Lipinski definition) is 6. The molecule has 10 heteroatoms. The Morgan fingerprint density at radius 1 is 1.39 bits per heavy atom. The fraction of sp³-hybridized carbons (Fsp3) is 0.333. The molecular weight excluding hydrogens is 375 g/mol. The summed E-state index contributed by atoms with van der Waals surface area (Å²) in [4.78, 5) is 23.9. The molecule has 1 aliphatic rings. The van der Waals surface area contributed by atoms with E-state index in [2.05, 4.69) is 20.3 Å². The van der Waals surface area contributed by atoms with Crippen molar-refractivity contribution in [2.24, 2.45) is 10.9 Å². The van der Waals surface area contributed by atoms with Gasteiger partial charge in [0, 0.05) is 18.4 Å². The van der Waals surface area contributed by atoms with Gasteiger partial charge in [-0.25, -0.2) is 9.97 Å². The maximum absolute atomic E-state index is 12.7. The number of carbonyl (C=O) groups excluding carboxylic acids is 1. The second-order valence-electron chi connectivity index (χ2n) is 6.51. The molecule has 0 unspecified atom stereocenters. The average Bonchev–Trinajstić information content (AvgIpc) is 2.62. The van der Waals surface area contributed by atoms with Gasteiger partial charge in [-0.3, -0.25) is 9.79 Å². The van der Waals surface area contributed by atoms with E-state index in [1.165, 1.54) is 18.3 Å². The lowest BCUT2D eigenvalue weighted by molar-refractivity contribution is -0.141. The molecule has 4 N–H and O–H groups in total. The van der Waals surface area contributed by atoms with E-state index in [0.717, 1.165) is 25.0 Å². The summed E-state index contributed by atoms with van der Waals surface area (Å²) in [5.74, 6) is -0.440. The number of aliphatic hydroxyl groups is 1. The first-order chi connectivity index (χ1) is 13.3. The molecule has 1 amide bonds. The van der Waals surface area contributed by atoms with Gasteiger partial charge in [-0.2, -0.15) is 13.2 Å². The lowest BCUT2D eigenvalue weighted by atomic mass is 9.81. The van der Waals surface area contributed by atoms with E-state index >= 15 is 0 Å². The molecule has 2 aromatic rings. The Balaban J connectivity index is 1.71. The minimum Gasteiger partial charge on any atom is -0.397 e. The van der Waals surface area contributed by atoms with Crippen molar-refractivity contribution in [2.75, 3.05) is 17.7 Å². The van der Waals surface area contributed by atoms with E-state index in [4.69, 9.17) is 10.8 Å². The number of halogens is 3. The minimum absolute atomic E-state index is 0.108. The second kappa shape index (κ2) is 7.93. The molecule has 0 aliphatic heterocycles. The summed E-state index contributed by atoms with van der Waals surface area (Å²) in [6, 6.07) is 4.66. The highest BCUT2D eigenvalue weighted by Gasteiger charge is 2.33. The maximum Gasteiger partial charge on any atom is 0.433 e. The number of aromatic nitrogens is 2. The van der Waals surface area contributed by atoms with Crippen molar-refractivity contribution in [1.82, 2.24) is 9.97 Å². The van der Waals surface area contributed by atoms with Gasteiger partial charge in [-0.15, -0.1) is 0 Å². The molecule has 1 aliphatic carbocycles. The van der Waals surface area contributed by atoms with Crippen LogP contribution in [0.3, 0.4) is 0 Å². The predicted molar refractivity (Wildman–Crippen MR) is 97.0 cm³/mol. The number of nitrogen functional groups attached to an aromatic ring is 1. The first kappa shape index (κ1) is 19.7. The molecule has 2 heterocycles. The second-order valence-corrected chi connectivity index (χ2v) is 6.51. The summed E-state index contributed by atoms with van der Waals surface area (Å²) in [7, 11) is 0. The highest BCUT2D eigenvalue weighted by molar-refractivity contribution is 6.03. The van der Waals surface area contributed by atoms with Crippen molar-refractivity contribution < 1.29 is 23.1 Å². The van der Waals surface area contributed by atoms with Gasteiger partial charge >= 0.3 is 6.18 Å². The van der Waals surface area contributed by atoms with Crippen molar-refractivity contribution >= 4 is 23.6 Å². The lowest BCUT2D eigenvalue weighted by Gasteiger charge is -2.30. The highest BCUT2D eigenvalue weighted by atomic mass is 19.4. The Hall–Kier alpha value is -3.01. The van der Waals surface area contributed by atoms with Crippen molar-refractivity contribution in [2.45, 2.75) is 25.1 Å². The molecule has 1 saturated carbocycles. The topological polar surface area (TPSA) is 113 Å². The molecule has 2 aromatic heterocycles. The van der Waals surface area contributed by atoms with E-state index in [0.29, 0.717) is 11.3 Å². The van der Waals surface area contributed by atoms with Gasteiger partial charge in [0.25, 0.3) is 5.91 Å². The smallest absolute Gasteiger partial charge is 0.397 e. The van der Waals surface area contributed by atoms with E-state index in [-0.39, 0.29) is 30.1 Å². The Morgan fingerprint density at radius 2 is 2.14 bits per heavy atom. The van der Waals surface area contributed by atoms with Crippen LogP contribution in [0.15, 0.2) is 35.5 Å². The van der Waals surface area contributed by atoms with Crippen LogP contribution in [0.2, 0.25) is 0 Å². The fourth-order valence-corrected chi connectivity index (χ4v) is 2.72. The van der Waals surface area contributed by atoms with Crippen molar-refractivity contribution in [3.05, 3.63) is 47.4 Å². The third-order valence-corrected chi connectivity index (χ3v) is 4.38. The fourth-order valence-electron chi connectivity index (χ4n) is 2.72. The molecular formula is C18H18F3N5O2.